The molecule has 0 fully saturated rings. The number of amides is 1. The number of thiophene rings is 1. The minimum absolute atomic E-state index is 0.198. The van der Waals surface area contributed by atoms with Gasteiger partial charge in [0.25, 0.3) is 5.91 Å². The maximum absolute atomic E-state index is 11.9. The fourth-order valence-electron chi connectivity index (χ4n) is 1.61. The van der Waals surface area contributed by atoms with Crippen molar-refractivity contribution in [1.82, 2.24) is 0 Å². The van der Waals surface area contributed by atoms with Crippen molar-refractivity contribution >= 4 is 34.2 Å². The van der Waals surface area contributed by atoms with Crippen LogP contribution in [0, 0.1) is 0 Å². The van der Waals surface area contributed by atoms with Crippen LogP contribution in [0.4, 0.5) is 5.00 Å². The van der Waals surface area contributed by atoms with Crippen molar-refractivity contribution in [1.29, 1.82) is 0 Å². The number of carbonyl (C=O) groups excluding carboxylic acids is 3. The van der Waals surface area contributed by atoms with Gasteiger partial charge in [-0.25, -0.2) is 9.59 Å². The van der Waals surface area contributed by atoms with E-state index in [1.807, 2.05) is 6.92 Å². The summed E-state index contributed by atoms with van der Waals surface area (Å²) in [4.78, 5) is 36.0. The van der Waals surface area contributed by atoms with Gasteiger partial charge in [-0.3, -0.25) is 4.79 Å². The van der Waals surface area contributed by atoms with Crippen LogP contribution in [0.25, 0.3) is 0 Å². The van der Waals surface area contributed by atoms with Crippen molar-refractivity contribution in [2.24, 2.45) is 0 Å². The topological polar surface area (TPSA) is 90.9 Å². The molecule has 128 valence electrons. The van der Waals surface area contributed by atoms with E-state index in [0.717, 1.165) is 11.3 Å². The third-order valence-electron chi connectivity index (χ3n) is 2.67. The molecule has 0 spiro atoms. The average Bonchev–Trinajstić information content (AvgIpc) is 2.94. The number of hydrogen-bond donors (Lipinski definition) is 1. The minimum atomic E-state index is -0.618. The van der Waals surface area contributed by atoms with Crippen molar-refractivity contribution in [3.63, 3.8) is 0 Å². The molecule has 0 atom stereocenters. The van der Waals surface area contributed by atoms with E-state index in [0.29, 0.717) is 17.2 Å². The van der Waals surface area contributed by atoms with Crippen LogP contribution in [-0.2, 0) is 30.2 Å². The van der Waals surface area contributed by atoms with Crippen molar-refractivity contribution < 1.29 is 28.6 Å². The van der Waals surface area contributed by atoms with E-state index in [4.69, 9.17) is 14.2 Å². The first-order valence-corrected chi connectivity index (χ1v) is 8.16. The predicted molar refractivity (Wildman–Crippen MR) is 85.7 cm³/mol. The van der Waals surface area contributed by atoms with Crippen LogP contribution in [-0.4, -0.2) is 44.3 Å². The number of esters is 2. The monoisotopic (exact) mass is 343 g/mol. The van der Waals surface area contributed by atoms with Gasteiger partial charge in [0.1, 0.15) is 11.6 Å². The third-order valence-corrected chi connectivity index (χ3v) is 3.86. The summed E-state index contributed by atoms with van der Waals surface area (Å²) in [5.41, 5.74) is 0.308. The van der Waals surface area contributed by atoms with Crippen molar-refractivity contribution in [2.75, 3.05) is 31.7 Å². The molecular weight excluding hydrogens is 322 g/mol. The smallest absolute Gasteiger partial charge is 0.341 e. The number of anilines is 1. The first-order valence-electron chi connectivity index (χ1n) is 7.34. The summed E-state index contributed by atoms with van der Waals surface area (Å²) in [7, 11) is 0. The molecule has 0 saturated heterocycles. The molecule has 0 aliphatic heterocycles. The van der Waals surface area contributed by atoms with Gasteiger partial charge in [-0.05, 0) is 26.3 Å². The second kappa shape index (κ2) is 9.96. The van der Waals surface area contributed by atoms with E-state index in [1.54, 1.807) is 19.9 Å². The zero-order valence-electron chi connectivity index (χ0n) is 13.5. The molecule has 0 unspecified atom stereocenters. The van der Waals surface area contributed by atoms with Gasteiger partial charge in [0.2, 0.25) is 0 Å². The SMILES string of the molecule is CCOCC(=O)OCC(=O)Nc1sc(CC)cc1C(=O)OCC. The van der Waals surface area contributed by atoms with Crippen LogP contribution in [0.5, 0.6) is 0 Å². The van der Waals surface area contributed by atoms with E-state index >= 15 is 0 Å². The molecule has 1 rings (SSSR count). The van der Waals surface area contributed by atoms with Gasteiger partial charge in [-0.1, -0.05) is 6.92 Å². The number of hydrogen-bond acceptors (Lipinski definition) is 7. The van der Waals surface area contributed by atoms with Crippen molar-refractivity contribution in [3.05, 3.63) is 16.5 Å². The van der Waals surface area contributed by atoms with Gasteiger partial charge >= 0.3 is 11.9 Å². The molecule has 0 bridgehead atoms. The maximum Gasteiger partial charge on any atom is 0.341 e. The highest BCUT2D eigenvalue weighted by Crippen LogP contribution is 2.29. The number of carbonyl (C=O) groups is 3. The Labute approximate surface area is 138 Å². The van der Waals surface area contributed by atoms with Crippen LogP contribution < -0.4 is 5.32 Å². The Hall–Kier alpha value is -1.93. The van der Waals surface area contributed by atoms with Gasteiger partial charge in [0.05, 0.1) is 12.2 Å². The molecule has 23 heavy (non-hydrogen) atoms. The third kappa shape index (κ3) is 6.37. The molecule has 1 aromatic heterocycles. The van der Waals surface area contributed by atoms with Crippen LogP contribution >= 0.6 is 11.3 Å². The maximum atomic E-state index is 11.9. The molecule has 0 aliphatic rings. The van der Waals surface area contributed by atoms with E-state index < -0.39 is 24.5 Å². The zero-order valence-corrected chi connectivity index (χ0v) is 14.3. The highest BCUT2D eigenvalue weighted by Gasteiger charge is 2.19. The van der Waals surface area contributed by atoms with Crippen molar-refractivity contribution in [3.8, 4) is 0 Å². The Kier molecular flexibility index (Phi) is 8.28. The summed E-state index contributed by atoms with van der Waals surface area (Å²) in [6.45, 7) is 5.41. The van der Waals surface area contributed by atoms with Gasteiger partial charge in [0.15, 0.2) is 6.61 Å². The lowest BCUT2D eigenvalue weighted by Crippen LogP contribution is -2.23. The lowest BCUT2D eigenvalue weighted by atomic mass is 10.2. The summed E-state index contributed by atoms with van der Waals surface area (Å²) < 4.78 is 14.6. The molecule has 1 aromatic rings. The van der Waals surface area contributed by atoms with E-state index in [1.165, 1.54) is 11.3 Å². The molecule has 1 amide bonds. The van der Waals surface area contributed by atoms with Crippen LogP contribution in [0.3, 0.4) is 0 Å². The quantitative estimate of drug-likeness (QED) is 0.690. The molecule has 8 heteroatoms. The Morgan fingerprint density at radius 1 is 1.09 bits per heavy atom. The second-order valence-corrected chi connectivity index (χ2v) is 5.51. The van der Waals surface area contributed by atoms with Gasteiger partial charge in [0, 0.05) is 11.5 Å². The van der Waals surface area contributed by atoms with Gasteiger partial charge in [-0.2, -0.15) is 0 Å². The summed E-state index contributed by atoms with van der Waals surface area (Å²) >= 11 is 1.29. The molecule has 0 saturated carbocycles. The van der Waals surface area contributed by atoms with E-state index in [2.05, 4.69) is 5.32 Å². The molecular formula is C15H21NO6S. The summed E-state index contributed by atoms with van der Waals surface area (Å²) in [6, 6.07) is 1.69. The molecule has 1 N–H and O–H groups in total. The second-order valence-electron chi connectivity index (χ2n) is 4.38. The Balaban J connectivity index is 2.64. The van der Waals surface area contributed by atoms with Crippen LogP contribution in [0.2, 0.25) is 0 Å². The fourth-order valence-corrected chi connectivity index (χ4v) is 2.61. The predicted octanol–water partition coefficient (Wildman–Crippen LogP) is 2.01. The average molecular weight is 343 g/mol. The van der Waals surface area contributed by atoms with E-state index in [9.17, 15) is 14.4 Å². The van der Waals surface area contributed by atoms with Crippen molar-refractivity contribution in [2.45, 2.75) is 27.2 Å². The first kappa shape index (κ1) is 19.1. The normalized spacial score (nSPS) is 10.2. The lowest BCUT2D eigenvalue weighted by Gasteiger charge is -2.07. The number of rotatable bonds is 9. The summed E-state index contributed by atoms with van der Waals surface area (Å²) in [5.74, 6) is -1.63. The number of aryl methyl sites for hydroxylation is 1. The van der Waals surface area contributed by atoms with E-state index in [-0.39, 0.29) is 13.2 Å². The molecule has 0 aliphatic carbocycles. The zero-order chi connectivity index (χ0) is 17.2. The fraction of sp³-hybridized carbons (Fsp3) is 0.533. The summed E-state index contributed by atoms with van der Waals surface area (Å²) in [6.07, 6.45) is 0.732. The molecule has 0 radical (unpaired) electrons. The molecule has 1 heterocycles. The Bertz CT molecular complexity index is 554. The highest BCUT2D eigenvalue weighted by molar-refractivity contribution is 7.16. The van der Waals surface area contributed by atoms with Crippen LogP contribution in [0.1, 0.15) is 36.0 Å². The van der Waals surface area contributed by atoms with Gasteiger partial charge in [-0.15, -0.1) is 11.3 Å². The highest BCUT2D eigenvalue weighted by atomic mass is 32.1. The number of nitrogens with one attached hydrogen (secondary N) is 1. The standard InChI is InChI=1S/C15H21NO6S/c1-4-10-7-11(15(19)21-6-3)14(23-10)16-12(17)8-22-13(18)9-20-5-2/h7H,4-6,8-9H2,1-3H3,(H,16,17). The minimum Gasteiger partial charge on any atom is -0.462 e. The van der Waals surface area contributed by atoms with Crippen LogP contribution in [0.15, 0.2) is 6.07 Å². The largest absolute Gasteiger partial charge is 0.462 e. The lowest BCUT2D eigenvalue weighted by molar-refractivity contribution is -0.151. The molecule has 7 nitrogen and oxygen atoms in total. The first-order chi connectivity index (χ1) is 11.0. The number of ether oxygens (including phenoxy) is 3. The Morgan fingerprint density at radius 2 is 1.83 bits per heavy atom. The summed E-state index contributed by atoms with van der Waals surface area (Å²) in [5, 5.41) is 2.97. The Morgan fingerprint density at radius 3 is 2.43 bits per heavy atom. The van der Waals surface area contributed by atoms with Gasteiger partial charge < -0.3 is 19.5 Å². The molecule has 0 aromatic carbocycles.